The Morgan fingerprint density at radius 2 is 1.70 bits per heavy atom. The van der Waals surface area contributed by atoms with Crippen molar-refractivity contribution in [3.8, 4) is 0 Å². The second-order valence-corrected chi connectivity index (χ2v) is 7.39. The Morgan fingerprint density at radius 1 is 1.09 bits per heavy atom. The van der Waals surface area contributed by atoms with Gasteiger partial charge in [-0.15, -0.1) is 0 Å². The highest BCUT2D eigenvalue weighted by molar-refractivity contribution is 5.84. The van der Waals surface area contributed by atoms with Crippen molar-refractivity contribution in [2.45, 2.75) is 77.5 Å². The highest BCUT2D eigenvalue weighted by atomic mass is 16.6. The molecule has 0 unspecified atom stereocenters. The minimum absolute atomic E-state index is 0.415. The zero-order chi connectivity index (χ0) is 16.7. The van der Waals surface area contributed by atoms with Crippen molar-refractivity contribution in [1.82, 2.24) is 5.32 Å². The zero-order valence-electron chi connectivity index (χ0n) is 14.7. The first-order valence-electron chi connectivity index (χ1n) is 8.75. The Bertz CT molecular complexity index is 483. The molecule has 0 atom stereocenters. The predicted octanol–water partition coefficient (Wildman–Crippen LogP) is 4.85. The summed E-state index contributed by atoms with van der Waals surface area (Å²) in [7, 11) is 0. The number of hydrogen-bond acceptors (Lipinski definition) is 3. The van der Waals surface area contributed by atoms with E-state index in [1.807, 2.05) is 32.9 Å². The third-order valence-electron chi connectivity index (χ3n) is 4.05. The minimum atomic E-state index is -0.480. The van der Waals surface area contributed by atoms with Gasteiger partial charge in [0.25, 0.3) is 0 Å². The Hall–Kier alpha value is -1.55. The molecule has 0 bridgehead atoms. The van der Waals surface area contributed by atoms with Gasteiger partial charge in [-0.2, -0.15) is 0 Å². The molecule has 1 aromatic carbocycles. The lowest BCUT2D eigenvalue weighted by Gasteiger charge is -2.19. The largest absolute Gasteiger partial charge is 0.444 e. The lowest BCUT2D eigenvalue weighted by atomic mass is 10.1. The molecule has 0 radical (unpaired) electrons. The molecule has 1 amide bonds. The summed E-state index contributed by atoms with van der Waals surface area (Å²) in [5, 5.41) is 6.41. The van der Waals surface area contributed by atoms with E-state index >= 15 is 0 Å². The molecule has 1 aliphatic rings. The summed E-state index contributed by atoms with van der Waals surface area (Å²) < 4.78 is 5.25. The summed E-state index contributed by atoms with van der Waals surface area (Å²) in [5.41, 5.74) is 1.52. The van der Waals surface area contributed by atoms with Gasteiger partial charge < -0.3 is 10.1 Å². The van der Waals surface area contributed by atoms with Crippen LogP contribution < -0.4 is 10.6 Å². The maximum absolute atomic E-state index is 11.7. The first-order chi connectivity index (χ1) is 10.9. The number of anilines is 1. The highest BCUT2D eigenvalue weighted by Crippen LogP contribution is 2.18. The molecule has 0 spiro atoms. The summed E-state index contributed by atoms with van der Waals surface area (Å²) in [4.78, 5) is 11.7. The average Bonchev–Trinajstić information content (AvgIpc) is 2.73. The van der Waals surface area contributed by atoms with Crippen LogP contribution in [0, 0.1) is 0 Å². The molecule has 1 saturated carbocycles. The standard InChI is InChI=1S/C19H30N2O2/c1-19(2,3)23-18(22)21-17-12-10-15(11-13-17)14-20-16-8-6-4-5-7-9-16/h10-13,16,20H,4-9,14H2,1-3H3,(H,21,22). The number of ether oxygens (including phenoxy) is 1. The normalized spacial score (nSPS) is 16.7. The van der Waals surface area contributed by atoms with Crippen LogP contribution in [0.25, 0.3) is 0 Å². The second-order valence-electron chi connectivity index (χ2n) is 7.39. The van der Waals surface area contributed by atoms with Gasteiger partial charge in [0.05, 0.1) is 0 Å². The van der Waals surface area contributed by atoms with Gasteiger partial charge in [0.1, 0.15) is 5.60 Å². The number of hydrogen-bond donors (Lipinski definition) is 2. The number of nitrogens with one attached hydrogen (secondary N) is 2. The molecule has 4 nitrogen and oxygen atoms in total. The van der Waals surface area contributed by atoms with Gasteiger partial charge in [0, 0.05) is 18.3 Å². The van der Waals surface area contributed by atoms with E-state index in [9.17, 15) is 4.79 Å². The van der Waals surface area contributed by atoms with Gasteiger partial charge in [0.15, 0.2) is 0 Å². The molecule has 0 aliphatic heterocycles. The van der Waals surface area contributed by atoms with Gasteiger partial charge in [-0.3, -0.25) is 5.32 Å². The molecule has 1 aromatic rings. The SMILES string of the molecule is CC(C)(C)OC(=O)Nc1ccc(CNC2CCCCCC2)cc1. The Kier molecular flexibility index (Phi) is 6.46. The Balaban J connectivity index is 1.78. The van der Waals surface area contributed by atoms with E-state index < -0.39 is 11.7 Å². The van der Waals surface area contributed by atoms with Crippen molar-refractivity contribution in [2.75, 3.05) is 5.32 Å². The van der Waals surface area contributed by atoms with Gasteiger partial charge in [0.2, 0.25) is 0 Å². The first-order valence-corrected chi connectivity index (χ1v) is 8.75. The van der Waals surface area contributed by atoms with Gasteiger partial charge >= 0.3 is 6.09 Å². The number of carbonyl (C=O) groups is 1. The molecule has 0 aromatic heterocycles. The van der Waals surface area contributed by atoms with E-state index in [4.69, 9.17) is 4.74 Å². The van der Waals surface area contributed by atoms with E-state index in [1.54, 1.807) is 0 Å². The quantitative estimate of drug-likeness (QED) is 0.781. The fraction of sp³-hybridized carbons (Fsp3) is 0.632. The van der Waals surface area contributed by atoms with Crippen molar-refractivity contribution in [1.29, 1.82) is 0 Å². The third kappa shape index (κ3) is 7.04. The smallest absolute Gasteiger partial charge is 0.412 e. The van der Waals surface area contributed by atoms with E-state index in [2.05, 4.69) is 22.8 Å². The number of amides is 1. The molecule has 2 N–H and O–H groups in total. The summed E-state index contributed by atoms with van der Waals surface area (Å²) >= 11 is 0. The molecular formula is C19H30N2O2. The number of rotatable bonds is 4. The number of benzene rings is 1. The fourth-order valence-corrected chi connectivity index (χ4v) is 2.87. The van der Waals surface area contributed by atoms with Crippen LogP contribution >= 0.6 is 0 Å². The monoisotopic (exact) mass is 318 g/mol. The van der Waals surface area contributed by atoms with Crippen LogP contribution in [0.5, 0.6) is 0 Å². The molecule has 1 fully saturated rings. The minimum Gasteiger partial charge on any atom is -0.444 e. The zero-order valence-corrected chi connectivity index (χ0v) is 14.7. The van der Waals surface area contributed by atoms with Crippen LogP contribution in [-0.2, 0) is 11.3 Å². The highest BCUT2D eigenvalue weighted by Gasteiger charge is 2.16. The van der Waals surface area contributed by atoms with Crippen molar-refractivity contribution in [2.24, 2.45) is 0 Å². The van der Waals surface area contributed by atoms with Crippen LogP contribution in [-0.4, -0.2) is 17.7 Å². The van der Waals surface area contributed by atoms with Crippen LogP contribution in [0.2, 0.25) is 0 Å². The van der Waals surface area contributed by atoms with Crippen LogP contribution in [0.1, 0.15) is 64.9 Å². The van der Waals surface area contributed by atoms with Crippen molar-refractivity contribution in [3.05, 3.63) is 29.8 Å². The molecular weight excluding hydrogens is 288 g/mol. The van der Waals surface area contributed by atoms with E-state index in [0.717, 1.165) is 12.2 Å². The Labute approximate surface area is 140 Å². The first kappa shape index (κ1) is 17.8. The van der Waals surface area contributed by atoms with E-state index in [1.165, 1.54) is 44.1 Å². The van der Waals surface area contributed by atoms with E-state index in [-0.39, 0.29) is 0 Å². The predicted molar refractivity (Wildman–Crippen MR) is 94.6 cm³/mol. The average molecular weight is 318 g/mol. The fourth-order valence-electron chi connectivity index (χ4n) is 2.87. The molecule has 2 rings (SSSR count). The molecule has 23 heavy (non-hydrogen) atoms. The number of carbonyl (C=O) groups excluding carboxylic acids is 1. The summed E-state index contributed by atoms with van der Waals surface area (Å²) in [6.45, 7) is 6.45. The lowest BCUT2D eigenvalue weighted by Crippen LogP contribution is -2.28. The van der Waals surface area contributed by atoms with Crippen molar-refractivity contribution in [3.63, 3.8) is 0 Å². The summed E-state index contributed by atoms with van der Waals surface area (Å²) in [6, 6.07) is 8.60. The van der Waals surface area contributed by atoms with Crippen molar-refractivity contribution >= 4 is 11.8 Å². The molecule has 0 heterocycles. The molecule has 128 valence electrons. The van der Waals surface area contributed by atoms with E-state index in [0.29, 0.717) is 6.04 Å². The van der Waals surface area contributed by atoms with Crippen molar-refractivity contribution < 1.29 is 9.53 Å². The van der Waals surface area contributed by atoms with Gasteiger partial charge in [-0.05, 0) is 51.3 Å². The van der Waals surface area contributed by atoms with Crippen LogP contribution in [0.3, 0.4) is 0 Å². The van der Waals surface area contributed by atoms with Crippen LogP contribution in [0.15, 0.2) is 24.3 Å². The lowest BCUT2D eigenvalue weighted by molar-refractivity contribution is 0.0636. The maximum atomic E-state index is 11.7. The van der Waals surface area contributed by atoms with Gasteiger partial charge in [-0.1, -0.05) is 37.8 Å². The van der Waals surface area contributed by atoms with Crippen LogP contribution in [0.4, 0.5) is 10.5 Å². The second kappa shape index (κ2) is 8.34. The topological polar surface area (TPSA) is 50.4 Å². The molecule has 1 aliphatic carbocycles. The molecule has 0 saturated heterocycles. The summed E-state index contributed by atoms with van der Waals surface area (Å²) in [5.74, 6) is 0. The molecule has 4 heteroatoms. The maximum Gasteiger partial charge on any atom is 0.412 e. The third-order valence-corrected chi connectivity index (χ3v) is 4.05. The van der Waals surface area contributed by atoms with Gasteiger partial charge in [-0.25, -0.2) is 4.79 Å². The Morgan fingerprint density at radius 3 is 2.26 bits per heavy atom. The summed E-state index contributed by atoms with van der Waals surface area (Å²) in [6.07, 6.45) is 7.61.